The van der Waals surface area contributed by atoms with Crippen molar-refractivity contribution in [2.24, 2.45) is 10.7 Å². The minimum Gasteiger partial charge on any atom is -0.369 e. The van der Waals surface area contributed by atoms with Crippen LogP contribution in [-0.2, 0) is 0 Å². The number of nitrogens with two attached hydrogens (primary N) is 1. The van der Waals surface area contributed by atoms with E-state index in [1.165, 1.54) is 0 Å². The van der Waals surface area contributed by atoms with Crippen LogP contribution >= 0.6 is 11.6 Å². The zero-order chi connectivity index (χ0) is 13.9. The summed E-state index contributed by atoms with van der Waals surface area (Å²) < 4.78 is 0. The molecule has 0 atom stereocenters. The molecule has 0 amide bonds. The first kappa shape index (κ1) is 12.5. The first-order valence-electron chi connectivity index (χ1n) is 6.02. The largest absolute Gasteiger partial charge is 0.369 e. The van der Waals surface area contributed by atoms with Crippen molar-refractivity contribution in [2.45, 2.75) is 0 Å². The van der Waals surface area contributed by atoms with Crippen molar-refractivity contribution in [1.82, 2.24) is 9.97 Å². The molecule has 2 aromatic carbocycles. The second-order valence-electron chi connectivity index (χ2n) is 4.21. The molecule has 100 valence electrons. The molecule has 20 heavy (non-hydrogen) atoms. The van der Waals surface area contributed by atoms with E-state index in [1.807, 2.05) is 36.4 Å². The number of benzene rings is 2. The van der Waals surface area contributed by atoms with Gasteiger partial charge in [0, 0.05) is 10.7 Å². The fraction of sp³-hybridized carbons (Fsp3) is 0. The lowest BCUT2D eigenvalue weighted by Gasteiger charge is -2.04. The Kier molecular flexibility index (Phi) is 3.26. The number of fused-ring (bicyclic) bond motifs is 1. The van der Waals surface area contributed by atoms with E-state index < -0.39 is 0 Å². The van der Waals surface area contributed by atoms with Crippen molar-refractivity contribution in [1.29, 1.82) is 0 Å². The third-order valence-electron chi connectivity index (χ3n) is 2.72. The monoisotopic (exact) mass is 285 g/mol. The Morgan fingerprint density at radius 3 is 2.65 bits per heavy atom. The van der Waals surface area contributed by atoms with Gasteiger partial charge in [0.05, 0.1) is 11.0 Å². The Bertz CT molecular complexity index is 728. The van der Waals surface area contributed by atoms with Crippen molar-refractivity contribution in [3.63, 3.8) is 0 Å². The predicted octanol–water partition coefficient (Wildman–Crippen LogP) is 3.27. The van der Waals surface area contributed by atoms with Crippen LogP contribution < -0.4 is 11.1 Å². The number of aromatic amines is 1. The zero-order valence-electron chi connectivity index (χ0n) is 10.5. The molecule has 4 N–H and O–H groups in total. The van der Waals surface area contributed by atoms with Crippen molar-refractivity contribution in [2.75, 3.05) is 5.32 Å². The third kappa shape index (κ3) is 2.73. The Balaban J connectivity index is 1.81. The summed E-state index contributed by atoms with van der Waals surface area (Å²) in [4.78, 5) is 11.6. The van der Waals surface area contributed by atoms with E-state index in [2.05, 4.69) is 20.3 Å². The minimum atomic E-state index is 0.256. The molecule has 0 fully saturated rings. The number of guanidine groups is 1. The summed E-state index contributed by atoms with van der Waals surface area (Å²) in [6, 6.07) is 14.9. The molecule has 1 heterocycles. The van der Waals surface area contributed by atoms with Crippen LogP contribution in [0.5, 0.6) is 0 Å². The van der Waals surface area contributed by atoms with Gasteiger partial charge in [-0.15, -0.1) is 0 Å². The Hall–Kier alpha value is -2.53. The van der Waals surface area contributed by atoms with Crippen LogP contribution in [0.4, 0.5) is 11.6 Å². The number of hydrogen-bond donors (Lipinski definition) is 3. The molecule has 3 rings (SSSR count). The first-order chi connectivity index (χ1) is 9.70. The quantitative estimate of drug-likeness (QED) is 0.499. The average molecular weight is 286 g/mol. The van der Waals surface area contributed by atoms with Crippen LogP contribution in [-0.4, -0.2) is 15.9 Å². The maximum Gasteiger partial charge on any atom is 0.231 e. The van der Waals surface area contributed by atoms with Gasteiger partial charge >= 0.3 is 0 Å². The van der Waals surface area contributed by atoms with Crippen LogP contribution in [0.2, 0.25) is 5.02 Å². The normalized spacial score (nSPS) is 11.8. The molecule has 3 aromatic rings. The van der Waals surface area contributed by atoms with Gasteiger partial charge in [-0.25, -0.2) is 4.98 Å². The number of H-pyrrole nitrogens is 1. The van der Waals surface area contributed by atoms with Crippen molar-refractivity contribution >= 4 is 40.2 Å². The number of nitrogens with one attached hydrogen (secondary N) is 2. The number of aromatic nitrogens is 2. The highest BCUT2D eigenvalue weighted by Crippen LogP contribution is 2.16. The number of imidazole rings is 1. The van der Waals surface area contributed by atoms with Gasteiger partial charge in [-0.1, -0.05) is 23.7 Å². The van der Waals surface area contributed by atoms with E-state index >= 15 is 0 Å². The van der Waals surface area contributed by atoms with E-state index in [9.17, 15) is 0 Å². The second-order valence-corrected chi connectivity index (χ2v) is 4.64. The van der Waals surface area contributed by atoms with E-state index in [4.69, 9.17) is 17.3 Å². The maximum atomic E-state index is 5.84. The first-order valence-corrected chi connectivity index (χ1v) is 6.40. The molecular weight excluding hydrogens is 274 g/mol. The highest BCUT2D eigenvalue weighted by Gasteiger charge is 2.01. The fourth-order valence-corrected chi connectivity index (χ4v) is 1.94. The molecule has 0 unspecified atom stereocenters. The number of hydrogen-bond acceptors (Lipinski definition) is 2. The molecule has 0 saturated carbocycles. The van der Waals surface area contributed by atoms with Crippen molar-refractivity contribution in [3.8, 4) is 0 Å². The molecular formula is C14H12ClN5. The van der Waals surface area contributed by atoms with Gasteiger partial charge in [-0.3, -0.25) is 0 Å². The summed E-state index contributed by atoms with van der Waals surface area (Å²) >= 11 is 5.82. The predicted molar refractivity (Wildman–Crippen MR) is 82.5 cm³/mol. The van der Waals surface area contributed by atoms with Gasteiger partial charge in [0.15, 0.2) is 0 Å². The van der Waals surface area contributed by atoms with Gasteiger partial charge in [-0.05, 0) is 36.4 Å². The Morgan fingerprint density at radius 2 is 1.90 bits per heavy atom. The molecule has 0 aliphatic rings. The molecule has 5 nitrogen and oxygen atoms in total. The van der Waals surface area contributed by atoms with Crippen LogP contribution in [0.3, 0.4) is 0 Å². The number of rotatable bonds is 2. The topological polar surface area (TPSA) is 79.1 Å². The lowest BCUT2D eigenvalue weighted by molar-refractivity contribution is 1.25. The fourth-order valence-electron chi connectivity index (χ4n) is 1.82. The van der Waals surface area contributed by atoms with Crippen LogP contribution in [0.25, 0.3) is 11.0 Å². The molecule has 0 aliphatic carbocycles. The lowest BCUT2D eigenvalue weighted by Crippen LogP contribution is -2.21. The van der Waals surface area contributed by atoms with E-state index in [1.54, 1.807) is 12.1 Å². The summed E-state index contributed by atoms with van der Waals surface area (Å²) in [5, 5.41) is 3.64. The molecule has 0 spiro atoms. The lowest BCUT2D eigenvalue weighted by atomic mass is 10.3. The van der Waals surface area contributed by atoms with E-state index in [0.717, 1.165) is 16.7 Å². The number of aliphatic imine (C=N–C) groups is 1. The zero-order valence-corrected chi connectivity index (χ0v) is 11.2. The third-order valence-corrected chi connectivity index (χ3v) is 2.97. The number of anilines is 1. The van der Waals surface area contributed by atoms with Gasteiger partial charge in [0.2, 0.25) is 11.9 Å². The molecule has 0 radical (unpaired) electrons. The molecule has 1 aromatic heterocycles. The van der Waals surface area contributed by atoms with Gasteiger partial charge in [0.1, 0.15) is 0 Å². The maximum absolute atomic E-state index is 5.84. The van der Waals surface area contributed by atoms with Crippen LogP contribution in [0.15, 0.2) is 53.5 Å². The summed E-state index contributed by atoms with van der Waals surface area (Å²) in [6.45, 7) is 0. The summed E-state index contributed by atoms with van der Waals surface area (Å²) in [5.41, 5.74) is 8.43. The van der Waals surface area contributed by atoms with E-state index in [0.29, 0.717) is 11.0 Å². The van der Waals surface area contributed by atoms with Crippen LogP contribution in [0, 0.1) is 0 Å². The second kappa shape index (κ2) is 5.22. The average Bonchev–Trinajstić information content (AvgIpc) is 2.83. The number of nitrogens with zero attached hydrogens (tertiary/aromatic N) is 2. The number of halogens is 1. The minimum absolute atomic E-state index is 0.256. The Morgan fingerprint density at radius 1 is 1.15 bits per heavy atom. The summed E-state index contributed by atoms with van der Waals surface area (Å²) in [6.07, 6.45) is 0. The van der Waals surface area contributed by atoms with Gasteiger partial charge in [-0.2, -0.15) is 4.99 Å². The summed E-state index contributed by atoms with van der Waals surface area (Å²) in [7, 11) is 0. The van der Waals surface area contributed by atoms with Crippen LogP contribution in [0.1, 0.15) is 0 Å². The Labute approximate surface area is 120 Å². The smallest absolute Gasteiger partial charge is 0.231 e. The molecule has 0 bridgehead atoms. The number of para-hydroxylation sites is 2. The highest BCUT2D eigenvalue weighted by molar-refractivity contribution is 6.30. The molecule has 6 heteroatoms. The van der Waals surface area contributed by atoms with E-state index in [-0.39, 0.29) is 5.96 Å². The van der Waals surface area contributed by atoms with Gasteiger partial charge < -0.3 is 16.0 Å². The SMILES string of the molecule is N/C(=N\c1nc2ccccc2[nH]1)Nc1ccc(Cl)cc1. The van der Waals surface area contributed by atoms with Gasteiger partial charge in [0.25, 0.3) is 0 Å². The van der Waals surface area contributed by atoms with Crippen molar-refractivity contribution < 1.29 is 0 Å². The van der Waals surface area contributed by atoms with Crippen molar-refractivity contribution in [3.05, 3.63) is 53.6 Å². The standard InChI is InChI=1S/C14H12ClN5/c15-9-5-7-10(8-6-9)17-13(16)20-14-18-11-3-1-2-4-12(11)19-14/h1-8H,(H4,16,17,18,19,20). The summed E-state index contributed by atoms with van der Waals surface area (Å²) in [5.74, 6) is 0.719. The molecule has 0 aliphatic heterocycles. The highest BCUT2D eigenvalue weighted by atomic mass is 35.5. The molecule has 0 saturated heterocycles.